The van der Waals surface area contributed by atoms with Crippen molar-refractivity contribution in [3.63, 3.8) is 0 Å². The Morgan fingerprint density at radius 3 is 2.32 bits per heavy atom. The molecule has 4 rings (SSSR count). The second-order valence-electron chi connectivity index (χ2n) is 8.61. The van der Waals surface area contributed by atoms with Gasteiger partial charge in [0.1, 0.15) is 5.00 Å². The minimum atomic E-state index is -0.933. The molecule has 2 bridgehead atoms. The van der Waals surface area contributed by atoms with Crippen LogP contribution in [0.2, 0.25) is 0 Å². The van der Waals surface area contributed by atoms with E-state index in [1.165, 1.54) is 11.3 Å². The zero-order valence-corrected chi connectivity index (χ0v) is 18.4. The topological polar surface area (TPSA) is 109 Å². The van der Waals surface area contributed by atoms with Crippen molar-refractivity contribution in [3.8, 4) is 0 Å². The van der Waals surface area contributed by atoms with Gasteiger partial charge in [-0.1, -0.05) is 41.5 Å². The first kappa shape index (κ1) is 21.3. The van der Waals surface area contributed by atoms with Crippen LogP contribution in [0.15, 0.2) is 47.5 Å². The number of anilines is 1. The molecular formula is C24H26N2O4S. The second-order valence-corrected chi connectivity index (χ2v) is 9.74. The van der Waals surface area contributed by atoms with Crippen molar-refractivity contribution in [2.24, 2.45) is 29.4 Å². The lowest BCUT2D eigenvalue weighted by Crippen LogP contribution is -2.38. The number of carboxylic acids is 1. The smallest absolute Gasteiger partial charge is 0.307 e. The quantitative estimate of drug-likeness (QED) is 0.591. The molecule has 0 spiro atoms. The number of nitrogens with two attached hydrogens (primary N) is 1. The summed E-state index contributed by atoms with van der Waals surface area (Å²) in [5, 5.41) is 13.1. The van der Waals surface area contributed by atoms with E-state index in [4.69, 9.17) is 5.73 Å². The molecular weight excluding hydrogens is 412 g/mol. The van der Waals surface area contributed by atoms with E-state index in [1.54, 1.807) is 6.07 Å². The fraction of sp³-hybridized carbons (Fsp3) is 0.375. The van der Waals surface area contributed by atoms with Crippen LogP contribution in [0.1, 0.15) is 47.5 Å². The van der Waals surface area contributed by atoms with Crippen molar-refractivity contribution >= 4 is 34.1 Å². The molecule has 4 N–H and O–H groups in total. The lowest BCUT2D eigenvalue weighted by atomic mass is 9.79. The monoisotopic (exact) mass is 438 g/mol. The number of carbonyl (C=O) groups excluding carboxylic acids is 2. The summed E-state index contributed by atoms with van der Waals surface area (Å²) < 4.78 is 0. The molecule has 1 aromatic heterocycles. The number of aliphatic carboxylic acids is 1. The molecule has 162 valence electrons. The van der Waals surface area contributed by atoms with Gasteiger partial charge in [-0.3, -0.25) is 14.4 Å². The Hall–Kier alpha value is -2.93. The van der Waals surface area contributed by atoms with Crippen LogP contribution in [0.4, 0.5) is 5.00 Å². The normalized spacial score (nSPS) is 24.3. The molecule has 0 aliphatic heterocycles. The summed E-state index contributed by atoms with van der Waals surface area (Å²) in [5.74, 6) is -3.40. The van der Waals surface area contributed by atoms with Gasteiger partial charge in [-0.2, -0.15) is 0 Å². The highest BCUT2D eigenvalue weighted by Gasteiger charge is 2.57. The zero-order chi connectivity index (χ0) is 22.3. The molecule has 0 saturated heterocycles. The van der Waals surface area contributed by atoms with Crippen molar-refractivity contribution in [2.45, 2.75) is 33.1 Å². The standard InChI is InChI=1S/C24H26N2O4S/c1-12(2)18-15-8-9-16(18)20(24(29)30)19(15)22(28)26-23-17(21(25)27)11-14(31-23)10-13-6-4-3-5-7-13/h3-7,11,15-16,19-20H,8-10H2,1-2H3,(H2,25,27)(H,26,28)(H,29,30)/t15-,16-,19+,20+/m0/s1. The molecule has 7 heteroatoms. The summed E-state index contributed by atoms with van der Waals surface area (Å²) in [4.78, 5) is 38.2. The molecule has 4 atom stereocenters. The van der Waals surface area contributed by atoms with Crippen LogP contribution in [0.5, 0.6) is 0 Å². The molecule has 31 heavy (non-hydrogen) atoms. The third-order valence-corrected chi connectivity index (χ3v) is 7.56. The fourth-order valence-electron chi connectivity index (χ4n) is 5.40. The average molecular weight is 439 g/mol. The van der Waals surface area contributed by atoms with E-state index in [1.807, 2.05) is 44.2 Å². The predicted octanol–water partition coefficient (Wildman–Crippen LogP) is 4.07. The van der Waals surface area contributed by atoms with Crippen LogP contribution in [0, 0.1) is 23.7 Å². The minimum Gasteiger partial charge on any atom is -0.481 e. The third kappa shape index (κ3) is 3.90. The van der Waals surface area contributed by atoms with Crippen molar-refractivity contribution in [1.82, 2.24) is 0 Å². The number of primary amides is 1. The van der Waals surface area contributed by atoms with Crippen molar-refractivity contribution in [2.75, 3.05) is 5.32 Å². The van der Waals surface area contributed by atoms with Crippen LogP contribution in [0.25, 0.3) is 0 Å². The van der Waals surface area contributed by atoms with Gasteiger partial charge in [-0.25, -0.2) is 0 Å². The first-order valence-electron chi connectivity index (χ1n) is 10.4. The largest absolute Gasteiger partial charge is 0.481 e. The van der Waals surface area contributed by atoms with Gasteiger partial charge in [0.2, 0.25) is 5.91 Å². The van der Waals surface area contributed by atoms with Gasteiger partial charge in [0, 0.05) is 11.3 Å². The van der Waals surface area contributed by atoms with Crippen LogP contribution in [-0.2, 0) is 16.0 Å². The van der Waals surface area contributed by atoms with Gasteiger partial charge in [-0.05, 0) is 50.2 Å². The summed E-state index contributed by atoms with van der Waals surface area (Å²) >= 11 is 1.31. The Kier molecular flexibility index (Phi) is 5.71. The SMILES string of the molecule is CC(C)=C1[C@@H]2CC[C@@H]1[C@@H](C(=O)Nc1sc(Cc3ccccc3)cc1C(N)=O)[C@@H]2C(=O)O. The molecule has 2 aliphatic rings. The molecule has 0 radical (unpaired) electrons. The van der Waals surface area contributed by atoms with E-state index in [-0.39, 0.29) is 23.3 Å². The number of benzene rings is 1. The van der Waals surface area contributed by atoms with E-state index in [2.05, 4.69) is 5.32 Å². The number of carboxylic acid groups (broad SMARTS) is 1. The highest BCUT2D eigenvalue weighted by molar-refractivity contribution is 7.16. The number of amides is 2. The zero-order valence-electron chi connectivity index (χ0n) is 17.6. The molecule has 2 fully saturated rings. The van der Waals surface area contributed by atoms with E-state index in [9.17, 15) is 19.5 Å². The minimum absolute atomic E-state index is 0.0584. The van der Waals surface area contributed by atoms with Crippen molar-refractivity contribution in [1.29, 1.82) is 0 Å². The number of hydrogen-bond acceptors (Lipinski definition) is 4. The number of allylic oxidation sites excluding steroid dienone is 2. The van der Waals surface area contributed by atoms with Crippen molar-refractivity contribution in [3.05, 3.63) is 63.5 Å². The van der Waals surface area contributed by atoms with Gasteiger partial charge >= 0.3 is 5.97 Å². The average Bonchev–Trinajstić information content (AvgIpc) is 3.40. The molecule has 2 aromatic rings. The Morgan fingerprint density at radius 2 is 1.74 bits per heavy atom. The van der Waals surface area contributed by atoms with E-state index in [0.717, 1.165) is 34.4 Å². The van der Waals surface area contributed by atoms with Crippen LogP contribution in [0.3, 0.4) is 0 Å². The second kappa shape index (κ2) is 8.30. The van der Waals surface area contributed by atoms with Crippen LogP contribution in [-0.4, -0.2) is 22.9 Å². The van der Waals surface area contributed by atoms with Gasteiger partial charge < -0.3 is 16.2 Å². The van der Waals surface area contributed by atoms with Gasteiger partial charge in [-0.15, -0.1) is 11.3 Å². The van der Waals surface area contributed by atoms with Crippen molar-refractivity contribution < 1.29 is 19.5 Å². The lowest BCUT2D eigenvalue weighted by molar-refractivity contribution is -0.148. The summed E-state index contributed by atoms with van der Waals surface area (Å²) in [6.45, 7) is 3.97. The number of nitrogens with one attached hydrogen (secondary N) is 1. The van der Waals surface area contributed by atoms with Gasteiger partial charge in [0.05, 0.1) is 17.4 Å². The van der Waals surface area contributed by atoms with E-state index in [0.29, 0.717) is 11.4 Å². The number of fused-ring (bicyclic) bond motifs is 2. The maximum atomic E-state index is 13.3. The molecule has 0 unspecified atom stereocenters. The summed E-state index contributed by atoms with van der Waals surface area (Å²) in [5.41, 5.74) is 9.15. The number of carbonyl (C=O) groups is 3. The molecule has 2 amide bonds. The molecule has 6 nitrogen and oxygen atoms in total. The maximum Gasteiger partial charge on any atom is 0.307 e. The van der Waals surface area contributed by atoms with E-state index < -0.39 is 23.7 Å². The highest BCUT2D eigenvalue weighted by atomic mass is 32.1. The Labute approximate surface area is 185 Å². The third-order valence-electron chi connectivity index (χ3n) is 6.51. The molecule has 1 aromatic carbocycles. The van der Waals surface area contributed by atoms with E-state index >= 15 is 0 Å². The van der Waals surface area contributed by atoms with Crippen LogP contribution >= 0.6 is 11.3 Å². The maximum absolute atomic E-state index is 13.3. The number of rotatable bonds is 6. The Balaban J connectivity index is 1.61. The summed E-state index contributed by atoms with van der Waals surface area (Å²) in [6, 6.07) is 11.5. The molecule has 2 saturated carbocycles. The number of hydrogen-bond donors (Lipinski definition) is 3. The highest BCUT2D eigenvalue weighted by Crippen LogP contribution is 2.57. The summed E-state index contributed by atoms with van der Waals surface area (Å²) in [6.07, 6.45) is 2.24. The first-order valence-corrected chi connectivity index (χ1v) is 11.3. The van der Waals surface area contributed by atoms with Gasteiger partial charge in [0.15, 0.2) is 0 Å². The molecule has 1 heterocycles. The van der Waals surface area contributed by atoms with Gasteiger partial charge in [0.25, 0.3) is 5.91 Å². The summed E-state index contributed by atoms with van der Waals surface area (Å²) in [7, 11) is 0. The van der Waals surface area contributed by atoms with Crippen LogP contribution < -0.4 is 11.1 Å². The lowest BCUT2D eigenvalue weighted by Gasteiger charge is -2.26. The predicted molar refractivity (Wildman–Crippen MR) is 120 cm³/mol. The Morgan fingerprint density at radius 1 is 1.10 bits per heavy atom. The number of thiophene rings is 1. The molecule has 2 aliphatic carbocycles. The Bertz CT molecular complexity index is 1070. The fourth-order valence-corrected chi connectivity index (χ4v) is 6.50. The first-order chi connectivity index (χ1) is 14.8.